The van der Waals surface area contributed by atoms with E-state index in [1.54, 1.807) is 0 Å². The Morgan fingerprint density at radius 3 is 1.82 bits per heavy atom. The van der Waals surface area contributed by atoms with Gasteiger partial charge in [-0.25, -0.2) is 0 Å². The van der Waals surface area contributed by atoms with Gasteiger partial charge in [-0.3, -0.25) is 0 Å². The lowest BCUT2D eigenvalue weighted by Crippen LogP contribution is -2.10. The second kappa shape index (κ2) is 6.38. The highest BCUT2D eigenvalue weighted by atomic mass is 35.5. The summed E-state index contributed by atoms with van der Waals surface area (Å²) in [6, 6.07) is 10.3. The highest BCUT2D eigenvalue weighted by Gasteiger charge is 1.87. The summed E-state index contributed by atoms with van der Waals surface area (Å²) in [6.07, 6.45) is 0. The standard InChI is InChI=1S/C7H10BN.2ClH/c1-9(8)7-5-3-2-4-6-7;;/h2-6H,8H2,1H3;2*1H. The van der Waals surface area contributed by atoms with E-state index in [-0.39, 0.29) is 24.8 Å². The third kappa shape index (κ3) is 4.17. The van der Waals surface area contributed by atoms with Gasteiger partial charge in [0.1, 0.15) is 0 Å². The molecule has 4 heteroatoms. The molecular weight excluding hydrogens is 180 g/mol. The van der Waals surface area contributed by atoms with Crippen molar-refractivity contribution in [3.63, 3.8) is 0 Å². The Balaban J connectivity index is 0. The lowest BCUT2D eigenvalue weighted by molar-refractivity contribution is 1.34. The minimum absolute atomic E-state index is 0. The van der Waals surface area contributed by atoms with Gasteiger partial charge in [-0.2, -0.15) is 0 Å². The zero-order valence-electron chi connectivity index (χ0n) is 6.65. The fourth-order valence-corrected chi connectivity index (χ4v) is 0.726. The number of rotatable bonds is 1. The second-order valence-electron chi connectivity index (χ2n) is 2.23. The molecule has 0 bridgehead atoms. The van der Waals surface area contributed by atoms with Crippen LogP contribution in [0.3, 0.4) is 0 Å². The summed E-state index contributed by atoms with van der Waals surface area (Å²) in [5.74, 6) is 0. The first-order chi connectivity index (χ1) is 4.30. The first-order valence-corrected chi connectivity index (χ1v) is 3.03. The molecule has 62 valence electrons. The third-order valence-electron chi connectivity index (χ3n) is 1.27. The quantitative estimate of drug-likeness (QED) is 0.609. The average Bonchev–Trinajstić information content (AvgIpc) is 1.90. The molecular formula is C7H12BCl2N. The minimum Gasteiger partial charge on any atom is -0.424 e. The van der Waals surface area contributed by atoms with Gasteiger partial charge < -0.3 is 4.81 Å². The van der Waals surface area contributed by atoms with E-state index < -0.39 is 0 Å². The molecule has 0 saturated heterocycles. The van der Waals surface area contributed by atoms with Crippen LogP contribution in [0.15, 0.2) is 30.3 Å². The van der Waals surface area contributed by atoms with Crippen molar-refractivity contribution in [2.24, 2.45) is 0 Å². The Morgan fingerprint density at radius 1 is 1.09 bits per heavy atom. The van der Waals surface area contributed by atoms with Gasteiger partial charge in [0.15, 0.2) is 0 Å². The normalized spacial score (nSPS) is 7.36. The Morgan fingerprint density at radius 2 is 1.55 bits per heavy atom. The summed E-state index contributed by atoms with van der Waals surface area (Å²) < 4.78 is 0. The Labute approximate surface area is 81.0 Å². The maximum Gasteiger partial charge on any atom is 0.217 e. The monoisotopic (exact) mass is 191 g/mol. The number of para-hydroxylation sites is 1. The molecule has 0 atom stereocenters. The van der Waals surface area contributed by atoms with E-state index >= 15 is 0 Å². The molecule has 1 aromatic carbocycles. The molecule has 0 spiro atoms. The van der Waals surface area contributed by atoms with E-state index in [1.807, 2.05) is 33.2 Å². The maximum atomic E-state index is 2.08. The van der Waals surface area contributed by atoms with Gasteiger partial charge >= 0.3 is 0 Å². The van der Waals surface area contributed by atoms with E-state index in [4.69, 9.17) is 0 Å². The third-order valence-corrected chi connectivity index (χ3v) is 1.27. The molecule has 1 rings (SSSR count). The minimum atomic E-state index is 0. The molecule has 1 aromatic rings. The molecule has 0 radical (unpaired) electrons. The van der Waals surface area contributed by atoms with Gasteiger partial charge in [-0.1, -0.05) is 18.2 Å². The summed E-state index contributed by atoms with van der Waals surface area (Å²) in [5, 5.41) is 0. The van der Waals surface area contributed by atoms with Gasteiger partial charge in [0.2, 0.25) is 7.98 Å². The number of halogens is 2. The molecule has 0 saturated carbocycles. The highest BCUT2D eigenvalue weighted by Crippen LogP contribution is 2.06. The SMILES string of the molecule is BN(C)c1ccccc1.Cl.Cl. The first kappa shape index (κ1) is 13.3. The van der Waals surface area contributed by atoms with E-state index in [9.17, 15) is 0 Å². The molecule has 0 aliphatic heterocycles. The summed E-state index contributed by atoms with van der Waals surface area (Å²) in [6.45, 7) is 0. The van der Waals surface area contributed by atoms with Gasteiger partial charge in [0.05, 0.1) is 0 Å². The molecule has 0 fully saturated rings. The van der Waals surface area contributed by atoms with Crippen molar-refractivity contribution >= 4 is 38.5 Å². The van der Waals surface area contributed by atoms with Crippen molar-refractivity contribution in [1.82, 2.24) is 0 Å². The van der Waals surface area contributed by atoms with Crippen molar-refractivity contribution < 1.29 is 0 Å². The smallest absolute Gasteiger partial charge is 0.217 e. The van der Waals surface area contributed by atoms with Gasteiger partial charge in [-0.05, 0) is 19.2 Å². The largest absolute Gasteiger partial charge is 0.424 e. The van der Waals surface area contributed by atoms with Crippen LogP contribution in [0, 0.1) is 0 Å². The molecule has 0 unspecified atom stereocenters. The molecule has 0 aromatic heterocycles. The van der Waals surface area contributed by atoms with Gasteiger partial charge in [0, 0.05) is 5.69 Å². The van der Waals surface area contributed by atoms with Gasteiger partial charge in [-0.15, -0.1) is 24.8 Å². The summed E-state index contributed by atoms with van der Waals surface area (Å²) in [7, 11) is 4.07. The van der Waals surface area contributed by atoms with Crippen LogP contribution in [0.2, 0.25) is 0 Å². The van der Waals surface area contributed by atoms with Gasteiger partial charge in [0.25, 0.3) is 0 Å². The predicted molar refractivity (Wildman–Crippen MR) is 57.9 cm³/mol. The number of hydrogen-bond acceptors (Lipinski definition) is 1. The van der Waals surface area contributed by atoms with Crippen molar-refractivity contribution in [1.29, 1.82) is 0 Å². The average molecular weight is 192 g/mol. The Bertz CT molecular complexity index is 179. The van der Waals surface area contributed by atoms with Crippen LogP contribution in [0.4, 0.5) is 5.69 Å². The first-order valence-electron chi connectivity index (χ1n) is 3.03. The number of nitrogens with zero attached hydrogens (tertiary/aromatic N) is 1. The zero-order chi connectivity index (χ0) is 6.69. The lowest BCUT2D eigenvalue weighted by Gasteiger charge is -2.11. The van der Waals surface area contributed by atoms with Crippen LogP contribution >= 0.6 is 24.8 Å². The number of hydrogen-bond donors (Lipinski definition) is 0. The van der Waals surface area contributed by atoms with E-state index in [2.05, 4.69) is 16.9 Å². The molecule has 0 heterocycles. The van der Waals surface area contributed by atoms with E-state index in [1.165, 1.54) is 5.69 Å². The summed E-state index contributed by atoms with van der Waals surface area (Å²) >= 11 is 0. The molecule has 0 aliphatic carbocycles. The van der Waals surface area contributed by atoms with E-state index in [0.29, 0.717) is 0 Å². The van der Waals surface area contributed by atoms with Crippen LogP contribution in [0.5, 0.6) is 0 Å². The predicted octanol–water partition coefficient (Wildman–Crippen LogP) is 1.51. The van der Waals surface area contributed by atoms with Crippen molar-refractivity contribution in [2.45, 2.75) is 0 Å². The highest BCUT2D eigenvalue weighted by molar-refractivity contribution is 6.17. The molecule has 0 N–H and O–H groups in total. The summed E-state index contributed by atoms with van der Waals surface area (Å²) in [4.78, 5) is 2.08. The lowest BCUT2D eigenvalue weighted by atomic mass is 10.2. The van der Waals surface area contributed by atoms with Crippen LogP contribution < -0.4 is 4.81 Å². The van der Waals surface area contributed by atoms with Crippen LogP contribution in [0.1, 0.15) is 0 Å². The van der Waals surface area contributed by atoms with Crippen molar-refractivity contribution in [3.05, 3.63) is 30.3 Å². The topological polar surface area (TPSA) is 3.24 Å². The van der Waals surface area contributed by atoms with Crippen molar-refractivity contribution in [3.8, 4) is 0 Å². The van der Waals surface area contributed by atoms with Crippen LogP contribution in [-0.2, 0) is 0 Å². The van der Waals surface area contributed by atoms with Crippen molar-refractivity contribution in [2.75, 3.05) is 11.9 Å². The molecule has 1 nitrogen and oxygen atoms in total. The zero-order valence-corrected chi connectivity index (χ0v) is 8.28. The van der Waals surface area contributed by atoms with Crippen LogP contribution in [0.25, 0.3) is 0 Å². The Hall–Kier alpha value is -0.335. The molecule has 0 amide bonds. The number of anilines is 1. The molecule has 0 aliphatic rings. The van der Waals surface area contributed by atoms with Crippen LogP contribution in [-0.4, -0.2) is 15.0 Å². The number of benzene rings is 1. The summed E-state index contributed by atoms with van der Waals surface area (Å²) in [5.41, 5.74) is 1.25. The Kier molecular flexibility index (Phi) is 7.70. The fraction of sp³-hybridized carbons (Fsp3) is 0.143. The second-order valence-corrected chi connectivity index (χ2v) is 2.23. The van der Waals surface area contributed by atoms with E-state index in [0.717, 1.165) is 0 Å². The maximum absolute atomic E-state index is 2.08. The molecule has 11 heavy (non-hydrogen) atoms. The fourth-order valence-electron chi connectivity index (χ4n) is 0.726.